The van der Waals surface area contributed by atoms with E-state index in [1.54, 1.807) is 6.08 Å². The molecule has 0 aromatic rings. The Hall–Kier alpha value is -0.830. The summed E-state index contributed by atoms with van der Waals surface area (Å²) in [4.78, 5) is 11.0. The molecule has 0 radical (unpaired) electrons. The van der Waals surface area contributed by atoms with Gasteiger partial charge in [-0.15, -0.1) is 0 Å². The Morgan fingerprint density at radius 1 is 1.62 bits per heavy atom. The van der Waals surface area contributed by atoms with Gasteiger partial charge in [0.05, 0.1) is 7.11 Å². The van der Waals surface area contributed by atoms with Gasteiger partial charge in [0.25, 0.3) is 0 Å². The second kappa shape index (κ2) is 6.66. The van der Waals surface area contributed by atoms with Crippen LogP contribution in [0.25, 0.3) is 0 Å². The average molecular weight is 185 g/mol. The van der Waals surface area contributed by atoms with Gasteiger partial charge in [-0.05, 0) is 19.3 Å². The molecule has 0 amide bonds. The maximum absolute atomic E-state index is 11.0. The molecule has 2 N–H and O–H groups in total. The van der Waals surface area contributed by atoms with Crippen LogP contribution in [0.5, 0.6) is 0 Å². The number of esters is 1. The molecule has 0 spiro atoms. The minimum Gasteiger partial charge on any atom is -0.466 e. The number of carbonyl (C=O) groups is 1. The number of methoxy groups -OCH3 is 1. The lowest BCUT2D eigenvalue weighted by atomic mass is 9.96. The van der Waals surface area contributed by atoms with E-state index in [2.05, 4.69) is 4.74 Å². The summed E-state index contributed by atoms with van der Waals surface area (Å²) in [6.45, 7) is 4.00. The fourth-order valence-electron chi connectivity index (χ4n) is 1.25. The smallest absolute Gasteiger partial charge is 0.333 e. The summed E-state index contributed by atoms with van der Waals surface area (Å²) in [6.07, 6.45) is 4.57. The highest BCUT2D eigenvalue weighted by atomic mass is 16.5. The number of nitrogens with two attached hydrogens (primary N) is 1. The molecule has 0 aromatic carbocycles. The zero-order valence-electron chi connectivity index (χ0n) is 8.67. The van der Waals surface area contributed by atoms with Crippen molar-refractivity contribution in [3.63, 3.8) is 0 Å². The lowest BCUT2D eigenvalue weighted by Gasteiger charge is -2.15. The average Bonchev–Trinajstić information content (AvgIpc) is 2.20. The fraction of sp³-hybridized carbons (Fsp3) is 0.700. The van der Waals surface area contributed by atoms with E-state index in [9.17, 15) is 4.79 Å². The SMILES string of the molecule is CC.COC(=O)C1=CC(N)CCC1. The van der Waals surface area contributed by atoms with E-state index in [0.717, 1.165) is 24.8 Å². The molecule has 3 nitrogen and oxygen atoms in total. The van der Waals surface area contributed by atoms with Gasteiger partial charge in [-0.25, -0.2) is 4.79 Å². The third kappa shape index (κ3) is 4.08. The highest BCUT2D eigenvalue weighted by Crippen LogP contribution is 2.17. The Morgan fingerprint density at radius 2 is 2.23 bits per heavy atom. The summed E-state index contributed by atoms with van der Waals surface area (Å²) < 4.78 is 4.58. The van der Waals surface area contributed by atoms with Gasteiger partial charge in [0.15, 0.2) is 0 Å². The first kappa shape index (κ1) is 12.2. The summed E-state index contributed by atoms with van der Waals surface area (Å²) in [5.41, 5.74) is 6.36. The summed E-state index contributed by atoms with van der Waals surface area (Å²) >= 11 is 0. The molecule has 3 heteroatoms. The first-order chi connectivity index (χ1) is 6.24. The molecule has 1 aliphatic rings. The van der Waals surface area contributed by atoms with Gasteiger partial charge in [0, 0.05) is 11.6 Å². The van der Waals surface area contributed by atoms with Crippen LogP contribution in [0, 0.1) is 0 Å². The second-order valence-electron chi connectivity index (χ2n) is 2.74. The summed E-state index contributed by atoms with van der Waals surface area (Å²) in [6, 6.07) is 0.0397. The Bertz CT molecular complexity index is 187. The molecule has 0 aromatic heterocycles. The maximum Gasteiger partial charge on any atom is 0.333 e. The van der Waals surface area contributed by atoms with Gasteiger partial charge in [-0.2, -0.15) is 0 Å². The molecule has 0 heterocycles. The van der Waals surface area contributed by atoms with Crippen molar-refractivity contribution < 1.29 is 9.53 Å². The van der Waals surface area contributed by atoms with Gasteiger partial charge in [-0.1, -0.05) is 19.9 Å². The molecular weight excluding hydrogens is 166 g/mol. The van der Waals surface area contributed by atoms with Crippen LogP contribution in [-0.4, -0.2) is 19.1 Å². The lowest BCUT2D eigenvalue weighted by Crippen LogP contribution is -2.23. The quantitative estimate of drug-likeness (QED) is 0.632. The Balaban J connectivity index is 0.000000671. The molecule has 0 saturated heterocycles. The predicted molar refractivity (Wildman–Crippen MR) is 53.3 cm³/mol. The first-order valence-corrected chi connectivity index (χ1v) is 4.78. The minimum atomic E-state index is -0.236. The minimum absolute atomic E-state index is 0.0397. The topological polar surface area (TPSA) is 52.3 Å². The zero-order valence-corrected chi connectivity index (χ0v) is 8.67. The van der Waals surface area contributed by atoms with Gasteiger partial charge < -0.3 is 10.5 Å². The van der Waals surface area contributed by atoms with E-state index in [4.69, 9.17) is 5.73 Å². The highest BCUT2D eigenvalue weighted by molar-refractivity contribution is 5.88. The fourth-order valence-corrected chi connectivity index (χ4v) is 1.25. The molecule has 0 fully saturated rings. The number of hydrogen-bond acceptors (Lipinski definition) is 3. The molecule has 1 unspecified atom stereocenters. The number of rotatable bonds is 1. The molecule has 76 valence electrons. The van der Waals surface area contributed by atoms with E-state index in [1.165, 1.54) is 7.11 Å². The van der Waals surface area contributed by atoms with Crippen molar-refractivity contribution in [1.29, 1.82) is 0 Å². The van der Waals surface area contributed by atoms with Crippen molar-refractivity contribution in [2.45, 2.75) is 39.2 Å². The molecule has 0 saturated carbocycles. The molecular formula is C10H19NO2. The number of hydrogen-bond donors (Lipinski definition) is 1. The van der Waals surface area contributed by atoms with Crippen LogP contribution in [0.2, 0.25) is 0 Å². The van der Waals surface area contributed by atoms with E-state index in [0.29, 0.717) is 0 Å². The largest absolute Gasteiger partial charge is 0.466 e. The van der Waals surface area contributed by atoms with Gasteiger partial charge in [-0.3, -0.25) is 0 Å². The maximum atomic E-state index is 11.0. The lowest BCUT2D eigenvalue weighted by molar-refractivity contribution is -0.136. The van der Waals surface area contributed by atoms with Crippen molar-refractivity contribution in [1.82, 2.24) is 0 Å². The number of carbonyl (C=O) groups excluding carboxylic acids is 1. The van der Waals surface area contributed by atoms with Crippen molar-refractivity contribution in [3.05, 3.63) is 11.6 Å². The number of ether oxygens (including phenoxy) is 1. The molecule has 0 bridgehead atoms. The van der Waals surface area contributed by atoms with E-state index >= 15 is 0 Å². The summed E-state index contributed by atoms with van der Waals surface area (Å²) in [5.74, 6) is -0.236. The Kier molecular flexibility index (Phi) is 6.24. The third-order valence-corrected chi connectivity index (χ3v) is 1.85. The molecule has 1 rings (SSSR count). The van der Waals surface area contributed by atoms with E-state index in [-0.39, 0.29) is 12.0 Å². The molecule has 0 aliphatic heterocycles. The van der Waals surface area contributed by atoms with Gasteiger partial charge >= 0.3 is 5.97 Å². The summed E-state index contributed by atoms with van der Waals surface area (Å²) in [7, 11) is 1.39. The van der Waals surface area contributed by atoms with Gasteiger partial charge in [0.2, 0.25) is 0 Å². The Morgan fingerprint density at radius 3 is 2.69 bits per heavy atom. The van der Waals surface area contributed by atoms with Crippen LogP contribution in [0.4, 0.5) is 0 Å². The molecule has 13 heavy (non-hydrogen) atoms. The molecule has 1 aliphatic carbocycles. The van der Waals surface area contributed by atoms with Crippen LogP contribution in [0.1, 0.15) is 33.1 Å². The monoisotopic (exact) mass is 185 g/mol. The molecule has 1 atom stereocenters. The van der Waals surface area contributed by atoms with Crippen molar-refractivity contribution in [2.24, 2.45) is 5.73 Å². The second-order valence-corrected chi connectivity index (χ2v) is 2.74. The van der Waals surface area contributed by atoms with Crippen molar-refractivity contribution in [2.75, 3.05) is 7.11 Å². The van der Waals surface area contributed by atoms with Crippen LogP contribution >= 0.6 is 0 Å². The zero-order chi connectivity index (χ0) is 10.3. The van der Waals surface area contributed by atoms with E-state index in [1.807, 2.05) is 13.8 Å². The Labute approximate surface area is 79.9 Å². The first-order valence-electron chi connectivity index (χ1n) is 4.78. The van der Waals surface area contributed by atoms with Crippen LogP contribution in [-0.2, 0) is 9.53 Å². The highest BCUT2D eigenvalue weighted by Gasteiger charge is 2.15. The van der Waals surface area contributed by atoms with Crippen LogP contribution < -0.4 is 5.73 Å². The van der Waals surface area contributed by atoms with Crippen LogP contribution in [0.15, 0.2) is 11.6 Å². The summed E-state index contributed by atoms with van der Waals surface area (Å²) in [5, 5.41) is 0. The predicted octanol–water partition coefficient (Wildman–Crippen LogP) is 1.62. The van der Waals surface area contributed by atoms with Crippen molar-refractivity contribution >= 4 is 5.97 Å². The normalized spacial score (nSPS) is 20.9. The van der Waals surface area contributed by atoms with E-state index < -0.39 is 0 Å². The van der Waals surface area contributed by atoms with Crippen molar-refractivity contribution in [3.8, 4) is 0 Å². The van der Waals surface area contributed by atoms with Gasteiger partial charge in [0.1, 0.15) is 0 Å². The third-order valence-electron chi connectivity index (χ3n) is 1.85. The standard InChI is InChI=1S/C8H13NO2.C2H6/c1-11-8(10)6-3-2-4-7(9)5-6;1-2/h5,7H,2-4,9H2,1H3;1-2H3. The van der Waals surface area contributed by atoms with Crippen LogP contribution in [0.3, 0.4) is 0 Å².